The second-order valence-electron chi connectivity index (χ2n) is 5.55. The molecule has 3 nitrogen and oxygen atoms in total. The van der Waals surface area contributed by atoms with Crippen LogP contribution in [0.15, 0.2) is 18.2 Å². The summed E-state index contributed by atoms with van der Waals surface area (Å²) < 4.78 is 10.9. The monoisotopic (exact) mass is 250 g/mol. The molecule has 0 atom stereocenters. The lowest BCUT2D eigenvalue weighted by Gasteiger charge is -2.50. The summed E-state index contributed by atoms with van der Waals surface area (Å²) in [5, 5.41) is 10.4. The molecule has 1 aliphatic rings. The number of hydrogen-bond donors (Lipinski definition) is 1. The summed E-state index contributed by atoms with van der Waals surface area (Å²) in [6, 6.07) is 6.13. The van der Waals surface area contributed by atoms with Crippen molar-refractivity contribution >= 4 is 0 Å². The molecule has 1 heterocycles. The normalized spacial score (nSPS) is 18.3. The number of rotatable bonds is 4. The van der Waals surface area contributed by atoms with Gasteiger partial charge in [0.25, 0.3) is 0 Å². The second-order valence-corrected chi connectivity index (χ2v) is 5.55. The number of benzene rings is 1. The van der Waals surface area contributed by atoms with Crippen molar-refractivity contribution in [3.8, 4) is 5.75 Å². The lowest BCUT2D eigenvalue weighted by Crippen LogP contribution is -2.60. The summed E-state index contributed by atoms with van der Waals surface area (Å²) in [4.78, 5) is 0. The van der Waals surface area contributed by atoms with E-state index in [0.29, 0.717) is 19.8 Å². The molecule has 1 N–H and O–H groups in total. The van der Waals surface area contributed by atoms with E-state index in [1.807, 2.05) is 39.8 Å². The zero-order chi connectivity index (χ0) is 13.4. The van der Waals surface area contributed by atoms with E-state index in [-0.39, 0.29) is 5.41 Å². The van der Waals surface area contributed by atoms with Gasteiger partial charge in [-0.05, 0) is 44.9 Å². The van der Waals surface area contributed by atoms with Gasteiger partial charge in [-0.2, -0.15) is 0 Å². The maximum absolute atomic E-state index is 10.4. The van der Waals surface area contributed by atoms with Crippen molar-refractivity contribution < 1.29 is 14.6 Å². The molecule has 2 rings (SSSR count). The van der Waals surface area contributed by atoms with Gasteiger partial charge in [-0.25, -0.2) is 0 Å². The van der Waals surface area contributed by atoms with E-state index in [0.717, 1.165) is 16.9 Å². The summed E-state index contributed by atoms with van der Waals surface area (Å²) >= 11 is 0. The molecule has 1 aromatic carbocycles. The molecule has 0 amide bonds. The molecule has 100 valence electrons. The Balaban J connectivity index is 2.36. The largest absolute Gasteiger partial charge is 0.494 e. The molecular weight excluding hydrogens is 228 g/mol. The van der Waals surface area contributed by atoms with Crippen LogP contribution in [0.5, 0.6) is 5.75 Å². The van der Waals surface area contributed by atoms with Crippen LogP contribution in [0.1, 0.15) is 31.9 Å². The first kappa shape index (κ1) is 13.4. The van der Waals surface area contributed by atoms with Crippen LogP contribution in [0.3, 0.4) is 0 Å². The van der Waals surface area contributed by atoms with Crippen molar-refractivity contribution in [2.24, 2.45) is 0 Å². The van der Waals surface area contributed by atoms with Crippen LogP contribution in [0.25, 0.3) is 0 Å². The first-order valence-corrected chi connectivity index (χ1v) is 6.45. The molecule has 18 heavy (non-hydrogen) atoms. The molecule has 0 saturated carbocycles. The Morgan fingerprint density at radius 1 is 1.39 bits per heavy atom. The fourth-order valence-electron chi connectivity index (χ4n) is 2.44. The Morgan fingerprint density at radius 2 is 2.06 bits per heavy atom. The highest BCUT2D eigenvalue weighted by Gasteiger charge is 2.51. The van der Waals surface area contributed by atoms with E-state index in [9.17, 15) is 5.11 Å². The number of ether oxygens (including phenoxy) is 2. The predicted octanol–water partition coefficient (Wildman–Crippen LogP) is 2.43. The third-order valence-corrected chi connectivity index (χ3v) is 3.90. The quantitative estimate of drug-likeness (QED) is 0.892. The van der Waals surface area contributed by atoms with Crippen molar-refractivity contribution in [3.05, 3.63) is 29.3 Å². The van der Waals surface area contributed by atoms with E-state index in [1.54, 1.807) is 0 Å². The fourth-order valence-corrected chi connectivity index (χ4v) is 2.44. The van der Waals surface area contributed by atoms with E-state index >= 15 is 0 Å². The number of hydrogen-bond acceptors (Lipinski definition) is 3. The first-order valence-electron chi connectivity index (χ1n) is 6.45. The van der Waals surface area contributed by atoms with E-state index in [4.69, 9.17) is 9.47 Å². The molecule has 3 heteroatoms. The van der Waals surface area contributed by atoms with Crippen LogP contribution in [0.4, 0.5) is 0 Å². The van der Waals surface area contributed by atoms with Crippen molar-refractivity contribution in [1.82, 2.24) is 0 Å². The van der Waals surface area contributed by atoms with Gasteiger partial charge in [0.15, 0.2) is 0 Å². The summed E-state index contributed by atoms with van der Waals surface area (Å²) in [5.74, 6) is 0.910. The summed E-state index contributed by atoms with van der Waals surface area (Å²) in [7, 11) is 0. The van der Waals surface area contributed by atoms with Crippen LogP contribution in [-0.4, -0.2) is 30.5 Å². The molecule has 1 aliphatic heterocycles. The van der Waals surface area contributed by atoms with Crippen LogP contribution in [-0.2, 0) is 10.2 Å². The Hall–Kier alpha value is -1.06. The van der Waals surface area contributed by atoms with Gasteiger partial charge in [0.05, 0.1) is 30.8 Å². The maximum atomic E-state index is 10.4. The minimum atomic E-state index is -0.787. The van der Waals surface area contributed by atoms with Gasteiger partial charge in [0, 0.05) is 0 Å². The minimum Gasteiger partial charge on any atom is -0.494 e. The van der Waals surface area contributed by atoms with Crippen LogP contribution in [0, 0.1) is 6.92 Å². The number of aliphatic hydroxyl groups is 1. The van der Waals surface area contributed by atoms with Gasteiger partial charge in [0.2, 0.25) is 0 Å². The predicted molar refractivity (Wildman–Crippen MR) is 71.1 cm³/mol. The highest BCUT2D eigenvalue weighted by atomic mass is 16.5. The van der Waals surface area contributed by atoms with Crippen LogP contribution in [0.2, 0.25) is 0 Å². The summed E-state index contributed by atoms with van der Waals surface area (Å²) in [6.07, 6.45) is 0. The summed E-state index contributed by atoms with van der Waals surface area (Å²) in [6.45, 7) is 9.52. The van der Waals surface area contributed by atoms with Gasteiger partial charge in [-0.1, -0.05) is 12.1 Å². The molecule has 0 aliphatic carbocycles. The van der Waals surface area contributed by atoms with E-state index < -0.39 is 5.60 Å². The fraction of sp³-hybridized carbons (Fsp3) is 0.600. The lowest BCUT2D eigenvalue weighted by molar-refractivity contribution is -0.157. The molecular formula is C15H22O3. The molecule has 0 unspecified atom stereocenters. The zero-order valence-corrected chi connectivity index (χ0v) is 11.6. The third kappa shape index (κ3) is 2.02. The minimum absolute atomic E-state index is 0.289. The topological polar surface area (TPSA) is 38.7 Å². The molecule has 0 radical (unpaired) electrons. The molecule has 1 saturated heterocycles. The average molecular weight is 250 g/mol. The molecule has 1 fully saturated rings. The Labute approximate surface area is 109 Å². The van der Waals surface area contributed by atoms with Crippen molar-refractivity contribution in [2.45, 2.75) is 38.7 Å². The third-order valence-electron chi connectivity index (χ3n) is 3.90. The average Bonchev–Trinajstić information content (AvgIpc) is 2.18. The van der Waals surface area contributed by atoms with Gasteiger partial charge >= 0.3 is 0 Å². The standard InChI is InChI=1S/C15H22O3/c1-5-18-13-7-6-12(8-11(13)2)15(9-17-10-15)14(3,4)16/h6-8,16H,5,9-10H2,1-4H3. The van der Waals surface area contributed by atoms with Crippen LogP contribution >= 0.6 is 0 Å². The Bertz CT molecular complexity index is 428. The van der Waals surface area contributed by atoms with E-state index in [1.165, 1.54) is 0 Å². The Kier molecular flexibility index (Phi) is 3.39. The second kappa shape index (κ2) is 4.56. The first-order chi connectivity index (χ1) is 8.40. The SMILES string of the molecule is CCOc1ccc(C2(C(C)(C)O)COC2)cc1C. The van der Waals surface area contributed by atoms with Crippen molar-refractivity contribution in [2.75, 3.05) is 19.8 Å². The molecule has 0 spiro atoms. The van der Waals surface area contributed by atoms with Crippen molar-refractivity contribution in [3.63, 3.8) is 0 Å². The lowest BCUT2D eigenvalue weighted by atomic mass is 9.67. The van der Waals surface area contributed by atoms with Gasteiger partial charge < -0.3 is 14.6 Å². The molecule has 0 bridgehead atoms. The van der Waals surface area contributed by atoms with E-state index in [2.05, 4.69) is 6.07 Å². The Morgan fingerprint density at radius 3 is 2.44 bits per heavy atom. The van der Waals surface area contributed by atoms with Gasteiger partial charge in [0.1, 0.15) is 5.75 Å². The van der Waals surface area contributed by atoms with Crippen molar-refractivity contribution in [1.29, 1.82) is 0 Å². The smallest absolute Gasteiger partial charge is 0.122 e. The summed E-state index contributed by atoms with van der Waals surface area (Å²) in [5.41, 5.74) is 1.15. The highest BCUT2D eigenvalue weighted by molar-refractivity contribution is 5.42. The number of aryl methyl sites for hydroxylation is 1. The maximum Gasteiger partial charge on any atom is 0.122 e. The molecule has 0 aromatic heterocycles. The van der Waals surface area contributed by atoms with Crippen LogP contribution < -0.4 is 4.74 Å². The van der Waals surface area contributed by atoms with Gasteiger partial charge in [-0.15, -0.1) is 0 Å². The zero-order valence-electron chi connectivity index (χ0n) is 11.6. The van der Waals surface area contributed by atoms with Gasteiger partial charge in [-0.3, -0.25) is 0 Å². The molecule has 1 aromatic rings. The highest BCUT2D eigenvalue weighted by Crippen LogP contribution is 2.42.